The molecule has 2 rings (SSSR count). The number of hydrogen-bond acceptors (Lipinski definition) is 3. The van der Waals surface area contributed by atoms with E-state index in [-0.39, 0.29) is 0 Å². The minimum absolute atomic E-state index is 0.357. The lowest BCUT2D eigenvalue weighted by Gasteiger charge is -2.15. The maximum absolute atomic E-state index is 3.56. The third-order valence-corrected chi connectivity index (χ3v) is 4.74. The monoisotopic (exact) mass is 277 g/mol. The van der Waals surface area contributed by atoms with Crippen LogP contribution in [-0.4, -0.2) is 6.26 Å². The van der Waals surface area contributed by atoms with Crippen molar-refractivity contribution in [1.82, 2.24) is 0 Å². The van der Waals surface area contributed by atoms with Crippen LogP contribution >= 0.6 is 23.1 Å². The van der Waals surface area contributed by atoms with E-state index in [1.54, 1.807) is 11.8 Å². The van der Waals surface area contributed by atoms with Crippen molar-refractivity contribution in [3.63, 3.8) is 0 Å². The summed E-state index contributed by atoms with van der Waals surface area (Å²) in [5, 5.41) is 3.56. The predicted molar refractivity (Wildman–Crippen MR) is 84.1 cm³/mol. The second-order valence-corrected chi connectivity index (χ2v) is 6.80. The molecule has 0 fully saturated rings. The van der Waals surface area contributed by atoms with Crippen molar-refractivity contribution in [3.05, 3.63) is 45.6 Å². The summed E-state index contributed by atoms with van der Waals surface area (Å²) < 4.78 is 0. The van der Waals surface area contributed by atoms with Crippen LogP contribution in [0.2, 0.25) is 0 Å². The van der Waals surface area contributed by atoms with E-state index in [1.807, 2.05) is 11.3 Å². The normalized spacial score (nSPS) is 12.4. The van der Waals surface area contributed by atoms with E-state index in [4.69, 9.17) is 0 Å². The molecule has 3 heteroatoms. The zero-order chi connectivity index (χ0) is 13.1. The molecular formula is C15H19NS2. The number of rotatable bonds is 4. The van der Waals surface area contributed by atoms with Gasteiger partial charge in [0.2, 0.25) is 0 Å². The second-order valence-electron chi connectivity index (χ2n) is 4.46. The van der Waals surface area contributed by atoms with Gasteiger partial charge in [-0.25, -0.2) is 0 Å². The molecule has 0 aliphatic heterocycles. The Morgan fingerprint density at radius 1 is 1.17 bits per heavy atom. The summed E-state index contributed by atoms with van der Waals surface area (Å²) in [6.07, 6.45) is 2.10. The van der Waals surface area contributed by atoms with Gasteiger partial charge in [0, 0.05) is 26.4 Å². The lowest BCUT2D eigenvalue weighted by atomic mass is 10.1. The fourth-order valence-electron chi connectivity index (χ4n) is 2.10. The number of hydrogen-bond donors (Lipinski definition) is 1. The highest BCUT2D eigenvalue weighted by Gasteiger charge is 2.10. The molecule has 1 aromatic carbocycles. The minimum Gasteiger partial charge on any atom is -0.378 e. The van der Waals surface area contributed by atoms with Gasteiger partial charge in [0.05, 0.1) is 0 Å². The summed E-state index contributed by atoms with van der Waals surface area (Å²) in [7, 11) is 0. The number of benzene rings is 1. The van der Waals surface area contributed by atoms with E-state index in [1.165, 1.54) is 25.9 Å². The largest absolute Gasteiger partial charge is 0.378 e. The predicted octanol–water partition coefficient (Wildman–Crippen LogP) is 5.26. The van der Waals surface area contributed by atoms with Crippen molar-refractivity contribution in [2.45, 2.75) is 31.7 Å². The molecule has 96 valence electrons. The summed E-state index contributed by atoms with van der Waals surface area (Å²) in [5.74, 6) is 0. The van der Waals surface area contributed by atoms with Crippen LogP contribution in [0.3, 0.4) is 0 Å². The highest BCUT2D eigenvalue weighted by Crippen LogP contribution is 2.29. The van der Waals surface area contributed by atoms with E-state index in [2.05, 4.69) is 62.7 Å². The van der Waals surface area contributed by atoms with Gasteiger partial charge in [-0.1, -0.05) is 0 Å². The van der Waals surface area contributed by atoms with Crippen LogP contribution in [0.25, 0.3) is 0 Å². The van der Waals surface area contributed by atoms with Crippen LogP contribution in [0, 0.1) is 13.8 Å². The Morgan fingerprint density at radius 3 is 2.33 bits per heavy atom. The molecule has 1 aromatic heterocycles. The molecule has 0 spiro atoms. The van der Waals surface area contributed by atoms with Crippen LogP contribution in [0.15, 0.2) is 35.2 Å². The van der Waals surface area contributed by atoms with Crippen molar-refractivity contribution in [1.29, 1.82) is 0 Å². The summed E-state index contributed by atoms with van der Waals surface area (Å²) in [6, 6.07) is 11.3. The van der Waals surface area contributed by atoms with Gasteiger partial charge >= 0.3 is 0 Å². The fraction of sp³-hybridized carbons (Fsp3) is 0.333. The zero-order valence-corrected chi connectivity index (χ0v) is 12.9. The van der Waals surface area contributed by atoms with Crippen molar-refractivity contribution in [2.24, 2.45) is 0 Å². The molecule has 0 aliphatic carbocycles. The Hall–Kier alpha value is -0.930. The summed E-state index contributed by atoms with van der Waals surface area (Å²) >= 11 is 3.64. The number of thiophene rings is 1. The first kappa shape index (κ1) is 13.5. The number of nitrogens with one attached hydrogen (secondary N) is 1. The standard InChI is InChI=1S/C15H19NS2/c1-10-9-15(12(3)18-10)11(2)16-13-5-7-14(17-4)8-6-13/h5-9,11,16H,1-4H3. The SMILES string of the molecule is CSc1ccc(NC(C)c2cc(C)sc2C)cc1. The first-order valence-electron chi connectivity index (χ1n) is 6.07. The van der Waals surface area contributed by atoms with E-state index >= 15 is 0 Å². The van der Waals surface area contributed by atoms with Gasteiger partial charge < -0.3 is 5.32 Å². The fourth-order valence-corrected chi connectivity index (χ4v) is 3.53. The van der Waals surface area contributed by atoms with Crippen LogP contribution < -0.4 is 5.32 Å². The van der Waals surface area contributed by atoms with Crippen LogP contribution in [0.4, 0.5) is 5.69 Å². The van der Waals surface area contributed by atoms with E-state index in [0.717, 1.165) is 0 Å². The van der Waals surface area contributed by atoms with Crippen LogP contribution in [0.5, 0.6) is 0 Å². The molecular weight excluding hydrogens is 258 g/mol. The van der Waals surface area contributed by atoms with Gasteiger partial charge in [-0.05, 0) is 62.9 Å². The van der Waals surface area contributed by atoms with Crippen molar-refractivity contribution in [3.8, 4) is 0 Å². The quantitative estimate of drug-likeness (QED) is 0.765. The Balaban J connectivity index is 2.10. The summed E-state index contributed by atoms with van der Waals surface area (Å²) in [4.78, 5) is 4.10. The molecule has 0 saturated heterocycles. The Labute approximate surface area is 118 Å². The lowest BCUT2D eigenvalue weighted by molar-refractivity contribution is 0.881. The molecule has 2 aromatic rings. The van der Waals surface area contributed by atoms with Crippen molar-refractivity contribution < 1.29 is 0 Å². The molecule has 1 nitrogen and oxygen atoms in total. The molecule has 0 bridgehead atoms. The Morgan fingerprint density at radius 2 is 1.83 bits per heavy atom. The molecule has 0 amide bonds. The maximum atomic E-state index is 3.56. The average Bonchev–Trinajstić information content (AvgIpc) is 2.69. The molecule has 18 heavy (non-hydrogen) atoms. The lowest BCUT2D eigenvalue weighted by Crippen LogP contribution is -2.06. The molecule has 0 aliphatic rings. The Bertz CT molecular complexity index is 514. The molecule has 1 N–H and O–H groups in total. The van der Waals surface area contributed by atoms with Crippen molar-refractivity contribution in [2.75, 3.05) is 11.6 Å². The maximum Gasteiger partial charge on any atom is 0.0496 e. The number of thioether (sulfide) groups is 1. The van der Waals surface area contributed by atoms with Crippen LogP contribution in [0.1, 0.15) is 28.3 Å². The number of aryl methyl sites for hydroxylation is 2. The van der Waals surface area contributed by atoms with Gasteiger partial charge in [0.1, 0.15) is 0 Å². The minimum atomic E-state index is 0.357. The van der Waals surface area contributed by atoms with Gasteiger partial charge in [0.15, 0.2) is 0 Å². The smallest absolute Gasteiger partial charge is 0.0496 e. The van der Waals surface area contributed by atoms with E-state index < -0.39 is 0 Å². The summed E-state index contributed by atoms with van der Waals surface area (Å²) in [6.45, 7) is 6.58. The molecule has 1 atom stereocenters. The van der Waals surface area contributed by atoms with Gasteiger partial charge in [-0.3, -0.25) is 0 Å². The molecule has 0 saturated carbocycles. The third kappa shape index (κ3) is 3.09. The second kappa shape index (κ2) is 5.81. The first-order valence-corrected chi connectivity index (χ1v) is 8.12. The van der Waals surface area contributed by atoms with Gasteiger partial charge in [-0.2, -0.15) is 0 Å². The topological polar surface area (TPSA) is 12.0 Å². The highest BCUT2D eigenvalue weighted by atomic mass is 32.2. The summed E-state index contributed by atoms with van der Waals surface area (Å²) in [5.41, 5.74) is 2.59. The highest BCUT2D eigenvalue weighted by molar-refractivity contribution is 7.98. The molecule has 1 heterocycles. The number of anilines is 1. The van der Waals surface area contributed by atoms with E-state index in [0.29, 0.717) is 6.04 Å². The molecule has 0 radical (unpaired) electrons. The average molecular weight is 277 g/mol. The van der Waals surface area contributed by atoms with Crippen molar-refractivity contribution >= 4 is 28.8 Å². The zero-order valence-electron chi connectivity index (χ0n) is 11.3. The third-order valence-electron chi connectivity index (χ3n) is 3.02. The van der Waals surface area contributed by atoms with E-state index in [9.17, 15) is 0 Å². The Kier molecular flexibility index (Phi) is 4.36. The van der Waals surface area contributed by atoms with Gasteiger partial charge in [0.25, 0.3) is 0 Å². The molecule has 1 unspecified atom stereocenters. The first-order chi connectivity index (χ1) is 8.60. The van der Waals surface area contributed by atoms with Gasteiger partial charge in [-0.15, -0.1) is 23.1 Å². The van der Waals surface area contributed by atoms with Crippen LogP contribution in [-0.2, 0) is 0 Å².